The number of halogens is 1. The van der Waals surface area contributed by atoms with Crippen molar-refractivity contribution in [1.29, 1.82) is 0 Å². The molecule has 1 amide bonds. The molecule has 2 aromatic carbocycles. The molecule has 0 fully saturated rings. The number of ether oxygens (including phenoxy) is 2. The molecule has 36 heavy (non-hydrogen) atoms. The van der Waals surface area contributed by atoms with E-state index in [4.69, 9.17) is 9.47 Å². The van der Waals surface area contributed by atoms with Crippen LogP contribution in [0.1, 0.15) is 39.1 Å². The van der Waals surface area contributed by atoms with Gasteiger partial charge >= 0.3 is 11.9 Å². The normalized spacial score (nSPS) is 10.8. The fourth-order valence-corrected chi connectivity index (χ4v) is 4.03. The standard InChI is InChI=1S/C27H24FN3O5/c1-35-26(33)16-12-17(27(34)36-2)14-19(13-16)30-24(32)8-5-6-20-21-15-18(28)9-10-22(21)31-25(20)23-7-3-4-11-29-23/h3-4,7,9-15,31H,5-6,8H2,1-2H3,(H,30,32). The number of carbonyl (C=O) groups excluding carboxylic acids is 3. The van der Waals surface area contributed by atoms with Gasteiger partial charge in [0.25, 0.3) is 0 Å². The molecule has 8 nitrogen and oxygen atoms in total. The molecule has 0 unspecified atom stereocenters. The molecule has 0 saturated carbocycles. The number of pyridine rings is 1. The predicted octanol–water partition coefficient (Wildman–Crippen LogP) is 4.90. The number of methoxy groups -OCH3 is 2. The van der Waals surface area contributed by atoms with E-state index in [9.17, 15) is 18.8 Å². The van der Waals surface area contributed by atoms with Crippen molar-refractivity contribution in [2.75, 3.05) is 19.5 Å². The number of anilines is 1. The number of hydrogen-bond acceptors (Lipinski definition) is 6. The molecule has 4 aromatic rings. The highest BCUT2D eigenvalue weighted by Gasteiger charge is 2.17. The summed E-state index contributed by atoms with van der Waals surface area (Å²) in [5.74, 6) is -1.95. The molecule has 0 atom stereocenters. The monoisotopic (exact) mass is 489 g/mol. The molecule has 4 rings (SSSR count). The third kappa shape index (κ3) is 5.41. The number of amides is 1. The number of aromatic nitrogens is 2. The fourth-order valence-electron chi connectivity index (χ4n) is 4.03. The molecule has 0 saturated heterocycles. The summed E-state index contributed by atoms with van der Waals surface area (Å²) < 4.78 is 23.4. The summed E-state index contributed by atoms with van der Waals surface area (Å²) in [5, 5.41) is 3.46. The summed E-state index contributed by atoms with van der Waals surface area (Å²) in [6, 6.07) is 14.3. The van der Waals surface area contributed by atoms with Crippen LogP contribution in [0, 0.1) is 5.82 Å². The van der Waals surface area contributed by atoms with Crippen molar-refractivity contribution in [2.24, 2.45) is 0 Å². The Bertz CT molecular complexity index is 1400. The first-order valence-corrected chi connectivity index (χ1v) is 11.2. The number of rotatable bonds is 8. The zero-order chi connectivity index (χ0) is 25.7. The van der Waals surface area contributed by atoms with Gasteiger partial charge in [0.15, 0.2) is 0 Å². The Labute approximate surface area is 206 Å². The minimum Gasteiger partial charge on any atom is -0.465 e. The van der Waals surface area contributed by atoms with Crippen molar-refractivity contribution in [1.82, 2.24) is 9.97 Å². The van der Waals surface area contributed by atoms with Gasteiger partial charge in [-0.25, -0.2) is 14.0 Å². The van der Waals surface area contributed by atoms with E-state index in [0.717, 1.165) is 27.9 Å². The number of carbonyl (C=O) groups is 3. The topological polar surface area (TPSA) is 110 Å². The maximum Gasteiger partial charge on any atom is 0.337 e. The first-order valence-electron chi connectivity index (χ1n) is 11.2. The minimum atomic E-state index is -0.648. The number of fused-ring (bicyclic) bond motifs is 1. The molecular weight excluding hydrogens is 465 g/mol. The van der Waals surface area contributed by atoms with Crippen molar-refractivity contribution in [3.63, 3.8) is 0 Å². The Morgan fingerprint density at radius 3 is 2.33 bits per heavy atom. The molecule has 184 valence electrons. The largest absolute Gasteiger partial charge is 0.465 e. The lowest BCUT2D eigenvalue weighted by molar-refractivity contribution is -0.116. The summed E-state index contributed by atoms with van der Waals surface area (Å²) in [4.78, 5) is 44.4. The second kappa shape index (κ2) is 10.8. The van der Waals surface area contributed by atoms with Gasteiger partial charge < -0.3 is 19.8 Å². The third-order valence-corrected chi connectivity index (χ3v) is 5.68. The number of nitrogens with one attached hydrogen (secondary N) is 2. The molecule has 0 aliphatic heterocycles. The molecule has 0 spiro atoms. The van der Waals surface area contributed by atoms with E-state index in [1.165, 1.54) is 44.6 Å². The van der Waals surface area contributed by atoms with Gasteiger partial charge in [0.05, 0.1) is 36.7 Å². The molecule has 0 bridgehead atoms. The minimum absolute atomic E-state index is 0.108. The molecule has 0 radical (unpaired) electrons. The predicted molar refractivity (Wildman–Crippen MR) is 132 cm³/mol. The van der Waals surface area contributed by atoms with E-state index in [1.54, 1.807) is 12.3 Å². The van der Waals surface area contributed by atoms with Crippen LogP contribution in [0.5, 0.6) is 0 Å². The van der Waals surface area contributed by atoms with Crippen LogP contribution in [0.15, 0.2) is 60.8 Å². The lowest BCUT2D eigenvalue weighted by atomic mass is 10.0. The van der Waals surface area contributed by atoms with Crippen molar-refractivity contribution < 1.29 is 28.2 Å². The molecule has 2 N–H and O–H groups in total. The van der Waals surface area contributed by atoms with Crippen LogP contribution >= 0.6 is 0 Å². The van der Waals surface area contributed by atoms with E-state index in [2.05, 4.69) is 15.3 Å². The van der Waals surface area contributed by atoms with Gasteiger partial charge in [-0.05, 0) is 66.9 Å². The first-order chi connectivity index (χ1) is 17.4. The lowest BCUT2D eigenvalue weighted by Crippen LogP contribution is -2.14. The molecular formula is C27H24FN3O5. The molecule has 9 heteroatoms. The fraction of sp³-hybridized carbons (Fsp3) is 0.185. The zero-order valence-corrected chi connectivity index (χ0v) is 19.8. The number of benzene rings is 2. The van der Waals surface area contributed by atoms with Gasteiger partial charge in [0.1, 0.15) is 5.82 Å². The number of aromatic amines is 1. The van der Waals surface area contributed by atoms with Crippen LogP contribution in [0.3, 0.4) is 0 Å². The summed E-state index contributed by atoms with van der Waals surface area (Å²) in [6.45, 7) is 0. The number of esters is 2. The van der Waals surface area contributed by atoms with E-state index in [0.29, 0.717) is 12.8 Å². The molecule has 2 heterocycles. The van der Waals surface area contributed by atoms with Gasteiger partial charge in [0, 0.05) is 29.2 Å². The maximum absolute atomic E-state index is 14.0. The highest BCUT2D eigenvalue weighted by molar-refractivity contribution is 5.99. The van der Waals surface area contributed by atoms with E-state index in [-0.39, 0.29) is 35.0 Å². The zero-order valence-electron chi connectivity index (χ0n) is 19.8. The van der Waals surface area contributed by atoms with Gasteiger partial charge in [-0.15, -0.1) is 0 Å². The average Bonchev–Trinajstić information content (AvgIpc) is 3.25. The van der Waals surface area contributed by atoms with Crippen LogP contribution in [0.4, 0.5) is 10.1 Å². The van der Waals surface area contributed by atoms with E-state index >= 15 is 0 Å². The van der Waals surface area contributed by atoms with Gasteiger partial charge in [-0.1, -0.05) is 6.07 Å². The first kappa shape index (κ1) is 24.6. The summed E-state index contributed by atoms with van der Waals surface area (Å²) in [7, 11) is 2.45. The second-order valence-electron chi connectivity index (χ2n) is 8.07. The maximum atomic E-state index is 14.0. The van der Waals surface area contributed by atoms with Crippen LogP contribution in [0.25, 0.3) is 22.3 Å². The smallest absolute Gasteiger partial charge is 0.337 e. The van der Waals surface area contributed by atoms with Crippen LogP contribution in [0.2, 0.25) is 0 Å². The van der Waals surface area contributed by atoms with Crippen LogP contribution in [-0.2, 0) is 20.7 Å². The third-order valence-electron chi connectivity index (χ3n) is 5.68. The number of aryl methyl sites for hydroxylation is 1. The summed E-state index contributed by atoms with van der Waals surface area (Å²) in [5.41, 5.74) is 3.65. The van der Waals surface area contributed by atoms with Gasteiger partial charge in [-0.3, -0.25) is 9.78 Å². The van der Waals surface area contributed by atoms with E-state index < -0.39 is 11.9 Å². The van der Waals surface area contributed by atoms with Crippen molar-refractivity contribution >= 4 is 34.4 Å². The van der Waals surface area contributed by atoms with Crippen LogP contribution < -0.4 is 5.32 Å². The highest BCUT2D eigenvalue weighted by Crippen LogP contribution is 2.31. The quantitative estimate of drug-likeness (QED) is 0.341. The Hall–Kier alpha value is -4.53. The molecule has 0 aliphatic rings. The Balaban J connectivity index is 1.51. The Kier molecular flexibility index (Phi) is 7.39. The average molecular weight is 490 g/mol. The van der Waals surface area contributed by atoms with Crippen molar-refractivity contribution in [3.8, 4) is 11.4 Å². The summed E-state index contributed by atoms with van der Waals surface area (Å²) in [6.07, 6.45) is 2.80. The molecule has 2 aromatic heterocycles. The SMILES string of the molecule is COC(=O)c1cc(NC(=O)CCCc2c(-c3ccccn3)[nH]c3ccc(F)cc23)cc(C(=O)OC)c1. The number of H-pyrrole nitrogens is 1. The van der Waals surface area contributed by atoms with Crippen molar-refractivity contribution in [3.05, 3.63) is 83.3 Å². The van der Waals surface area contributed by atoms with Crippen LogP contribution in [-0.4, -0.2) is 42.0 Å². The van der Waals surface area contributed by atoms with E-state index in [1.807, 2.05) is 18.2 Å². The number of hydrogen-bond donors (Lipinski definition) is 2. The Morgan fingerprint density at radius 1 is 0.972 bits per heavy atom. The van der Waals surface area contributed by atoms with Crippen molar-refractivity contribution in [2.45, 2.75) is 19.3 Å². The Morgan fingerprint density at radius 2 is 1.69 bits per heavy atom. The molecule has 0 aliphatic carbocycles. The van der Waals surface area contributed by atoms with Gasteiger partial charge in [0.2, 0.25) is 5.91 Å². The lowest BCUT2D eigenvalue weighted by Gasteiger charge is -2.10. The highest BCUT2D eigenvalue weighted by atomic mass is 19.1. The van der Waals surface area contributed by atoms with Gasteiger partial charge in [-0.2, -0.15) is 0 Å². The summed E-state index contributed by atoms with van der Waals surface area (Å²) >= 11 is 0. The number of nitrogens with zero attached hydrogens (tertiary/aromatic N) is 1. The second-order valence-corrected chi connectivity index (χ2v) is 8.07.